The lowest BCUT2D eigenvalue weighted by Crippen LogP contribution is -2.07. The summed E-state index contributed by atoms with van der Waals surface area (Å²) in [6.07, 6.45) is 0.559. The highest BCUT2D eigenvalue weighted by Crippen LogP contribution is 2.18. The summed E-state index contributed by atoms with van der Waals surface area (Å²) in [6, 6.07) is 11.2. The van der Waals surface area contributed by atoms with Gasteiger partial charge in [-0.15, -0.1) is 0 Å². The van der Waals surface area contributed by atoms with Crippen LogP contribution in [0, 0.1) is 6.92 Å². The van der Waals surface area contributed by atoms with Gasteiger partial charge in [-0.25, -0.2) is 0 Å². The Morgan fingerprint density at radius 1 is 0.793 bits per heavy atom. The number of alkyl halides is 1. The van der Waals surface area contributed by atoms with Gasteiger partial charge in [0.15, 0.2) is 0 Å². The second kappa shape index (κ2) is 13.6. The molecule has 29 heavy (non-hydrogen) atoms. The lowest BCUT2D eigenvalue weighted by Gasteiger charge is -2.04. The van der Waals surface area contributed by atoms with Gasteiger partial charge in [-0.2, -0.15) is 0 Å². The molecule has 4 nitrogen and oxygen atoms in total. The maximum Gasteiger partial charge on any atom is 0.310 e. The van der Waals surface area contributed by atoms with Gasteiger partial charge in [0.1, 0.15) is 0 Å². The molecule has 0 aromatic heterocycles. The van der Waals surface area contributed by atoms with Crippen LogP contribution in [0.3, 0.4) is 0 Å². The van der Waals surface area contributed by atoms with E-state index in [4.69, 9.17) is 32.7 Å². The van der Waals surface area contributed by atoms with Crippen LogP contribution >= 0.6 is 39.1 Å². The fourth-order valence-electron chi connectivity index (χ4n) is 2.57. The maximum absolute atomic E-state index is 11.2. The van der Waals surface area contributed by atoms with E-state index in [1.807, 2.05) is 31.2 Å². The van der Waals surface area contributed by atoms with Crippen molar-refractivity contribution in [1.82, 2.24) is 0 Å². The molecule has 0 radical (unpaired) electrons. The van der Waals surface area contributed by atoms with Crippen molar-refractivity contribution in [2.24, 2.45) is 0 Å². The number of halogens is 3. The minimum Gasteiger partial charge on any atom is -0.466 e. The first-order valence-corrected chi connectivity index (χ1v) is 11.1. The van der Waals surface area contributed by atoms with Crippen molar-refractivity contribution in [1.29, 1.82) is 0 Å². The zero-order chi connectivity index (χ0) is 21.8. The molecule has 2 aromatic carbocycles. The van der Waals surface area contributed by atoms with E-state index in [0.29, 0.717) is 23.3 Å². The van der Waals surface area contributed by atoms with Crippen molar-refractivity contribution >= 4 is 51.1 Å². The van der Waals surface area contributed by atoms with E-state index in [1.165, 1.54) is 0 Å². The molecule has 0 unspecified atom stereocenters. The molecular formula is C22H25BrCl2O4. The van der Waals surface area contributed by atoms with Crippen LogP contribution in [0.1, 0.15) is 36.1 Å². The summed E-state index contributed by atoms with van der Waals surface area (Å²) in [5, 5.41) is 2.03. The van der Waals surface area contributed by atoms with E-state index in [0.717, 1.165) is 27.6 Å². The minimum atomic E-state index is -0.222. The van der Waals surface area contributed by atoms with E-state index in [9.17, 15) is 9.59 Å². The molecule has 0 N–H and O–H groups in total. The summed E-state index contributed by atoms with van der Waals surface area (Å²) in [5.74, 6) is -0.436. The molecular weight excluding hydrogens is 479 g/mol. The van der Waals surface area contributed by atoms with Gasteiger partial charge >= 0.3 is 11.9 Å². The fourth-order valence-corrected chi connectivity index (χ4v) is 3.48. The monoisotopic (exact) mass is 502 g/mol. The van der Waals surface area contributed by atoms with Gasteiger partial charge in [0.05, 0.1) is 26.1 Å². The number of esters is 2. The van der Waals surface area contributed by atoms with E-state index in [1.54, 1.807) is 26.0 Å². The van der Waals surface area contributed by atoms with Crippen LogP contribution in [0.5, 0.6) is 0 Å². The molecule has 7 heteroatoms. The summed E-state index contributed by atoms with van der Waals surface area (Å²) in [5.41, 5.74) is 3.89. The fraction of sp³-hybridized carbons (Fsp3) is 0.364. The summed E-state index contributed by atoms with van der Waals surface area (Å²) in [4.78, 5) is 22.4. The Kier molecular flexibility index (Phi) is 12.0. The standard InChI is InChI=1S/C11H12BrClO2.C11H13ClO2/c1-2-15-11(14)6-8-3-9(7-12)5-10(13)4-8;1-3-14-11(13)7-9-4-8(2)5-10(12)6-9/h3-5H,2,6-7H2,1H3;4-6H,3,7H2,1-2H3. The highest BCUT2D eigenvalue weighted by molar-refractivity contribution is 9.08. The summed E-state index contributed by atoms with van der Waals surface area (Å²) < 4.78 is 9.71. The lowest BCUT2D eigenvalue weighted by atomic mass is 10.1. The van der Waals surface area contributed by atoms with Crippen LogP contribution in [0.25, 0.3) is 0 Å². The maximum atomic E-state index is 11.2. The Labute approximate surface area is 190 Å². The van der Waals surface area contributed by atoms with E-state index < -0.39 is 0 Å². The molecule has 0 bridgehead atoms. The second-order valence-corrected chi connectivity index (χ2v) is 7.64. The van der Waals surface area contributed by atoms with Crippen molar-refractivity contribution in [3.63, 3.8) is 0 Å². The van der Waals surface area contributed by atoms with Crippen molar-refractivity contribution in [2.75, 3.05) is 13.2 Å². The van der Waals surface area contributed by atoms with Gasteiger partial charge in [-0.05, 0) is 67.3 Å². The molecule has 0 fully saturated rings. The minimum absolute atomic E-state index is 0.214. The lowest BCUT2D eigenvalue weighted by molar-refractivity contribution is -0.143. The molecule has 0 spiro atoms. The first-order valence-electron chi connectivity index (χ1n) is 9.19. The highest BCUT2D eigenvalue weighted by atomic mass is 79.9. The average Bonchev–Trinajstić information content (AvgIpc) is 2.61. The second-order valence-electron chi connectivity index (χ2n) is 6.20. The van der Waals surface area contributed by atoms with Crippen LogP contribution < -0.4 is 0 Å². The Bertz CT molecular complexity index is 804. The molecule has 0 atom stereocenters. The predicted molar refractivity (Wildman–Crippen MR) is 121 cm³/mol. The molecule has 0 heterocycles. The summed E-state index contributed by atoms with van der Waals surface area (Å²) >= 11 is 15.1. The third-order valence-electron chi connectivity index (χ3n) is 3.58. The molecule has 2 rings (SSSR count). The van der Waals surface area contributed by atoms with Gasteiger partial charge in [-0.3, -0.25) is 9.59 Å². The number of rotatable bonds is 7. The molecule has 158 valence electrons. The number of carbonyl (C=O) groups excluding carboxylic acids is 2. The van der Waals surface area contributed by atoms with E-state index in [-0.39, 0.29) is 24.8 Å². The van der Waals surface area contributed by atoms with Crippen molar-refractivity contribution in [2.45, 2.75) is 38.9 Å². The average molecular weight is 504 g/mol. The smallest absolute Gasteiger partial charge is 0.310 e. The molecule has 0 aliphatic rings. The normalized spacial score (nSPS) is 10.0. The van der Waals surface area contributed by atoms with Crippen LogP contribution in [-0.4, -0.2) is 25.2 Å². The molecule has 0 aliphatic carbocycles. The number of carbonyl (C=O) groups is 2. The number of aryl methyl sites for hydroxylation is 1. The summed E-state index contributed by atoms with van der Waals surface area (Å²) in [6.45, 7) is 6.35. The molecule has 0 saturated heterocycles. The number of ether oxygens (including phenoxy) is 2. The molecule has 2 aromatic rings. The number of hydrogen-bond donors (Lipinski definition) is 0. The molecule has 0 aliphatic heterocycles. The Morgan fingerprint density at radius 2 is 1.24 bits per heavy atom. The van der Waals surface area contributed by atoms with Crippen LogP contribution in [0.4, 0.5) is 0 Å². The number of hydrogen-bond acceptors (Lipinski definition) is 4. The third kappa shape index (κ3) is 10.7. The third-order valence-corrected chi connectivity index (χ3v) is 4.67. The Hall–Kier alpha value is -1.56. The van der Waals surface area contributed by atoms with E-state index >= 15 is 0 Å². The SMILES string of the molecule is CCOC(=O)Cc1cc(C)cc(Cl)c1.CCOC(=O)Cc1cc(Cl)cc(CBr)c1. The van der Waals surface area contributed by atoms with Gasteiger partial charge in [-0.1, -0.05) is 51.3 Å². The largest absolute Gasteiger partial charge is 0.466 e. The predicted octanol–water partition coefficient (Wildman–Crippen LogP) is 6.09. The zero-order valence-corrected chi connectivity index (χ0v) is 19.9. The van der Waals surface area contributed by atoms with Crippen molar-refractivity contribution < 1.29 is 19.1 Å². The van der Waals surface area contributed by atoms with Gasteiger partial charge in [0.2, 0.25) is 0 Å². The van der Waals surface area contributed by atoms with Crippen LogP contribution in [-0.2, 0) is 37.2 Å². The first-order chi connectivity index (χ1) is 13.8. The molecule has 0 amide bonds. The Balaban J connectivity index is 0.000000291. The topological polar surface area (TPSA) is 52.6 Å². The van der Waals surface area contributed by atoms with Gasteiger partial charge in [0, 0.05) is 15.4 Å². The van der Waals surface area contributed by atoms with Crippen LogP contribution in [0.15, 0.2) is 36.4 Å². The van der Waals surface area contributed by atoms with Crippen LogP contribution in [0.2, 0.25) is 10.0 Å². The zero-order valence-electron chi connectivity index (χ0n) is 16.8. The summed E-state index contributed by atoms with van der Waals surface area (Å²) in [7, 11) is 0. The molecule has 0 saturated carbocycles. The number of benzene rings is 2. The quantitative estimate of drug-likeness (QED) is 0.338. The highest BCUT2D eigenvalue weighted by Gasteiger charge is 2.06. The van der Waals surface area contributed by atoms with E-state index in [2.05, 4.69) is 15.9 Å². The first kappa shape index (κ1) is 25.5. The van der Waals surface area contributed by atoms with Crippen molar-refractivity contribution in [3.05, 3.63) is 68.7 Å². The van der Waals surface area contributed by atoms with Gasteiger partial charge in [0.25, 0.3) is 0 Å². The Morgan fingerprint density at radius 3 is 1.69 bits per heavy atom. The van der Waals surface area contributed by atoms with Gasteiger partial charge < -0.3 is 9.47 Å². The van der Waals surface area contributed by atoms with Crippen molar-refractivity contribution in [3.8, 4) is 0 Å².